The summed E-state index contributed by atoms with van der Waals surface area (Å²) in [7, 11) is 0. The molecule has 0 N–H and O–H groups in total. The van der Waals surface area contributed by atoms with Crippen LogP contribution in [-0.4, -0.2) is 9.55 Å². The van der Waals surface area contributed by atoms with Crippen molar-refractivity contribution in [1.82, 2.24) is 9.55 Å². The summed E-state index contributed by atoms with van der Waals surface area (Å²) < 4.78 is 1.31. The van der Waals surface area contributed by atoms with Crippen LogP contribution < -0.4 is 4.90 Å². The van der Waals surface area contributed by atoms with Crippen molar-refractivity contribution in [2.45, 2.75) is 5.41 Å². The minimum absolute atomic E-state index is 0.146. The molecule has 0 amide bonds. The van der Waals surface area contributed by atoms with E-state index in [-0.39, 0.29) is 17.3 Å². The number of fused-ring (bicyclic) bond motifs is 3. The van der Waals surface area contributed by atoms with Gasteiger partial charge in [0.2, 0.25) is 5.41 Å². The first-order valence-corrected chi connectivity index (χ1v) is 9.85. The molecule has 0 aliphatic carbocycles. The quantitative estimate of drug-likeness (QED) is 0.494. The Balaban J connectivity index is 2.37. The van der Waals surface area contributed by atoms with Crippen molar-refractivity contribution >= 4 is 34.1 Å². The SMILES string of the molecule is N#CC(C#N)=C1N(c2ccc(Cl)cc2)C(C#N)=C(C#N)C(C#N)(C#N)c2nc3ccccc3n21. The van der Waals surface area contributed by atoms with Gasteiger partial charge in [0, 0.05) is 10.7 Å². The summed E-state index contributed by atoms with van der Waals surface area (Å²) in [5.74, 6) is -0.356. The van der Waals surface area contributed by atoms with E-state index in [0.717, 1.165) is 0 Å². The average Bonchev–Trinajstić information content (AvgIpc) is 3.21. The van der Waals surface area contributed by atoms with Crippen LogP contribution in [0.1, 0.15) is 5.82 Å². The molecule has 34 heavy (non-hydrogen) atoms. The number of aromatic nitrogens is 2. The topological polar surface area (TPSA) is 164 Å². The number of nitrogens with zero attached hydrogens (tertiary/aromatic N) is 9. The summed E-state index contributed by atoms with van der Waals surface area (Å²) in [5, 5.41) is 60.6. The third kappa shape index (κ3) is 2.85. The van der Waals surface area contributed by atoms with Gasteiger partial charge in [0.15, 0.2) is 17.2 Å². The highest BCUT2D eigenvalue weighted by Crippen LogP contribution is 2.44. The standard InChI is InChI=1S/C24H8ClN9/c25-16-5-7-17(8-6-16)33-21(12-29)18(11-28)24(13-30,14-31)23-32-19-3-1-2-4-20(19)34(23)22(33)15(9-26)10-27/h1-8H. The monoisotopic (exact) mass is 457 g/mol. The second-order valence-electron chi connectivity index (χ2n) is 6.91. The van der Waals surface area contributed by atoms with Crippen LogP contribution in [0.3, 0.4) is 0 Å². The lowest BCUT2D eigenvalue weighted by Crippen LogP contribution is -2.28. The zero-order valence-electron chi connectivity index (χ0n) is 17.0. The highest BCUT2D eigenvalue weighted by Gasteiger charge is 2.49. The van der Waals surface area contributed by atoms with E-state index in [2.05, 4.69) is 4.98 Å². The van der Waals surface area contributed by atoms with E-state index >= 15 is 0 Å². The van der Waals surface area contributed by atoms with Gasteiger partial charge in [-0.2, -0.15) is 31.6 Å². The number of hydrogen-bond acceptors (Lipinski definition) is 8. The molecule has 0 fully saturated rings. The molecule has 4 rings (SSSR count). The molecule has 0 bridgehead atoms. The van der Waals surface area contributed by atoms with E-state index in [1.54, 1.807) is 24.3 Å². The largest absolute Gasteiger partial charge is 0.284 e. The van der Waals surface area contributed by atoms with E-state index < -0.39 is 22.3 Å². The molecule has 0 saturated carbocycles. The predicted octanol–water partition coefficient (Wildman–Crippen LogP) is 4.01. The summed E-state index contributed by atoms with van der Waals surface area (Å²) in [5.41, 5.74) is -2.65. The van der Waals surface area contributed by atoms with Crippen LogP contribution in [0.4, 0.5) is 5.69 Å². The van der Waals surface area contributed by atoms with Gasteiger partial charge >= 0.3 is 0 Å². The Morgan fingerprint density at radius 3 is 2.06 bits per heavy atom. The first-order chi connectivity index (χ1) is 16.5. The summed E-state index contributed by atoms with van der Waals surface area (Å²) >= 11 is 6.03. The van der Waals surface area contributed by atoms with E-state index in [1.807, 2.05) is 36.4 Å². The molecule has 10 heteroatoms. The Morgan fingerprint density at radius 1 is 0.853 bits per heavy atom. The smallest absolute Gasteiger partial charge is 0.238 e. The van der Waals surface area contributed by atoms with Crippen LogP contribution in [0, 0.1) is 68.0 Å². The number of anilines is 1. The Labute approximate surface area is 198 Å². The molecule has 0 atom stereocenters. The predicted molar refractivity (Wildman–Crippen MR) is 119 cm³/mol. The average molecular weight is 458 g/mol. The molecule has 156 valence electrons. The van der Waals surface area contributed by atoms with Gasteiger partial charge in [-0.1, -0.05) is 23.7 Å². The van der Waals surface area contributed by atoms with Crippen molar-refractivity contribution in [2.24, 2.45) is 0 Å². The van der Waals surface area contributed by atoms with Gasteiger partial charge in [0.25, 0.3) is 0 Å². The maximum absolute atomic E-state index is 10.2. The Kier molecular flexibility index (Phi) is 5.20. The van der Waals surface area contributed by atoms with E-state index in [0.29, 0.717) is 16.1 Å². The summed E-state index contributed by atoms with van der Waals surface area (Å²) in [4.78, 5) is 5.64. The molecule has 0 spiro atoms. The fourth-order valence-electron chi connectivity index (χ4n) is 3.77. The van der Waals surface area contributed by atoms with Gasteiger partial charge in [-0.25, -0.2) is 4.98 Å². The number of allylic oxidation sites excluding steroid dienone is 3. The van der Waals surface area contributed by atoms with Crippen LogP contribution in [0.25, 0.3) is 16.9 Å². The third-order valence-corrected chi connectivity index (χ3v) is 5.49. The molecule has 0 saturated heterocycles. The number of para-hydroxylation sites is 2. The minimum atomic E-state index is -2.30. The molecule has 2 heterocycles. The summed E-state index contributed by atoms with van der Waals surface area (Å²) in [6.45, 7) is 0. The Hall–Kier alpha value is -5.58. The zero-order chi connectivity index (χ0) is 24.5. The van der Waals surface area contributed by atoms with Crippen LogP contribution in [-0.2, 0) is 5.41 Å². The van der Waals surface area contributed by atoms with E-state index in [9.17, 15) is 31.6 Å². The second kappa shape index (κ2) is 8.16. The molecule has 2 aromatic carbocycles. The normalized spacial score (nSPS) is 13.9. The molecule has 3 aromatic rings. The lowest BCUT2D eigenvalue weighted by molar-refractivity contribution is 0.758. The van der Waals surface area contributed by atoms with E-state index in [4.69, 9.17) is 11.6 Å². The molecule has 0 radical (unpaired) electrons. The van der Waals surface area contributed by atoms with Crippen LogP contribution in [0.2, 0.25) is 5.02 Å². The molecule has 0 unspecified atom stereocenters. The number of imidazole rings is 1. The first kappa shape index (κ1) is 21.6. The van der Waals surface area contributed by atoms with E-state index in [1.165, 1.54) is 33.7 Å². The highest BCUT2D eigenvalue weighted by atomic mass is 35.5. The lowest BCUT2D eigenvalue weighted by Gasteiger charge is -2.26. The van der Waals surface area contributed by atoms with Gasteiger partial charge in [-0.15, -0.1) is 0 Å². The summed E-state index contributed by atoms with van der Waals surface area (Å²) in [6, 6.07) is 23.8. The Bertz CT molecular complexity index is 1650. The number of nitriles is 6. The van der Waals surface area contributed by atoms with Gasteiger partial charge in [-0.05, 0) is 36.4 Å². The Morgan fingerprint density at radius 2 is 1.50 bits per heavy atom. The molecule has 9 nitrogen and oxygen atoms in total. The van der Waals surface area contributed by atoms with Crippen molar-refractivity contribution in [1.29, 1.82) is 31.6 Å². The summed E-state index contributed by atoms with van der Waals surface area (Å²) in [6.07, 6.45) is 0. The van der Waals surface area contributed by atoms with Crippen molar-refractivity contribution in [3.8, 4) is 36.4 Å². The van der Waals surface area contributed by atoms with Gasteiger partial charge in [0.1, 0.15) is 35.5 Å². The molecule has 1 aliphatic rings. The second-order valence-corrected chi connectivity index (χ2v) is 7.35. The van der Waals surface area contributed by atoms with Crippen LogP contribution in [0.5, 0.6) is 0 Å². The fourth-order valence-corrected chi connectivity index (χ4v) is 3.89. The number of benzene rings is 2. The lowest BCUT2D eigenvalue weighted by atomic mass is 9.81. The number of halogens is 1. The maximum atomic E-state index is 10.2. The van der Waals surface area contributed by atoms with Crippen LogP contribution in [0.15, 0.2) is 65.4 Å². The molecular weight excluding hydrogens is 450 g/mol. The molecule has 1 aliphatic heterocycles. The number of rotatable bonds is 1. The molecular formula is C24H8ClN9. The highest BCUT2D eigenvalue weighted by molar-refractivity contribution is 6.30. The maximum Gasteiger partial charge on any atom is 0.238 e. The third-order valence-electron chi connectivity index (χ3n) is 5.24. The van der Waals surface area contributed by atoms with Gasteiger partial charge in [0.05, 0.1) is 23.2 Å². The molecule has 1 aromatic heterocycles. The minimum Gasteiger partial charge on any atom is -0.284 e. The van der Waals surface area contributed by atoms with Gasteiger partial charge in [-0.3, -0.25) is 9.47 Å². The van der Waals surface area contributed by atoms with Crippen molar-refractivity contribution in [2.75, 3.05) is 4.90 Å². The van der Waals surface area contributed by atoms with Crippen molar-refractivity contribution in [3.63, 3.8) is 0 Å². The van der Waals surface area contributed by atoms with Gasteiger partial charge < -0.3 is 0 Å². The number of hydrogen-bond donors (Lipinski definition) is 0. The fraction of sp³-hybridized carbons (Fsp3) is 0.0417. The zero-order valence-corrected chi connectivity index (χ0v) is 17.8. The first-order valence-electron chi connectivity index (χ1n) is 9.47. The van der Waals surface area contributed by atoms with Crippen molar-refractivity contribution in [3.05, 3.63) is 76.2 Å². The van der Waals surface area contributed by atoms with Crippen molar-refractivity contribution < 1.29 is 0 Å². The van der Waals surface area contributed by atoms with Crippen LogP contribution >= 0.6 is 11.6 Å².